The highest BCUT2D eigenvalue weighted by Crippen LogP contribution is 2.28. The molecule has 13 heteroatoms. The maximum atomic E-state index is 13.8. The zero-order valence-corrected chi connectivity index (χ0v) is 18.3. The van der Waals surface area contributed by atoms with Crippen LogP contribution in [0.2, 0.25) is 5.02 Å². The quantitative estimate of drug-likeness (QED) is 0.284. The summed E-state index contributed by atoms with van der Waals surface area (Å²) in [6.07, 6.45) is -0.703. The number of halogens is 3. The van der Waals surface area contributed by atoms with E-state index in [1.54, 1.807) is 18.5 Å². The van der Waals surface area contributed by atoms with E-state index in [4.69, 9.17) is 16.3 Å². The molecule has 1 amide bonds. The van der Waals surface area contributed by atoms with Gasteiger partial charge in [-0.15, -0.1) is 10.2 Å². The third-order valence-corrected chi connectivity index (χ3v) is 5.53. The van der Waals surface area contributed by atoms with Crippen molar-refractivity contribution in [2.45, 2.75) is 18.2 Å². The molecule has 1 aromatic heterocycles. The first kappa shape index (κ1) is 23.4. The lowest BCUT2D eigenvalue weighted by Gasteiger charge is -2.14. The Labute approximate surface area is 189 Å². The van der Waals surface area contributed by atoms with Crippen LogP contribution in [0.15, 0.2) is 41.6 Å². The maximum absolute atomic E-state index is 13.8. The number of nitrogens with zero attached hydrogens (tertiary/aromatic N) is 4. The largest absolute Gasteiger partial charge is 0.480 e. The summed E-state index contributed by atoms with van der Waals surface area (Å²) in [5.74, 6) is -1.80. The van der Waals surface area contributed by atoms with Crippen molar-refractivity contribution >= 4 is 40.6 Å². The van der Waals surface area contributed by atoms with Crippen LogP contribution in [-0.4, -0.2) is 31.3 Å². The highest BCUT2D eigenvalue weighted by atomic mass is 35.5. The van der Waals surface area contributed by atoms with Crippen LogP contribution < -0.4 is 10.1 Å². The Morgan fingerprint density at radius 1 is 1.31 bits per heavy atom. The Bertz CT molecular complexity index is 1180. The molecule has 1 unspecified atom stereocenters. The van der Waals surface area contributed by atoms with Crippen molar-refractivity contribution in [2.24, 2.45) is 7.05 Å². The third-order valence-electron chi connectivity index (χ3n) is 4.19. The molecule has 0 aliphatic carbocycles. The molecule has 3 aromatic rings. The van der Waals surface area contributed by atoms with E-state index >= 15 is 0 Å². The zero-order valence-electron chi connectivity index (χ0n) is 16.7. The summed E-state index contributed by atoms with van der Waals surface area (Å²) < 4.78 is 33.9. The van der Waals surface area contributed by atoms with Gasteiger partial charge in [-0.2, -0.15) is 0 Å². The molecule has 9 nitrogen and oxygen atoms in total. The molecular weight excluding hydrogens is 468 g/mol. The number of aromatic nitrogens is 3. The van der Waals surface area contributed by atoms with E-state index in [0.29, 0.717) is 17.0 Å². The smallest absolute Gasteiger partial charge is 0.289 e. The maximum Gasteiger partial charge on any atom is 0.289 e. The van der Waals surface area contributed by atoms with Gasteiger partial charge in [-0.1, -0.05) is 23.4 Å². The van der Waals surface area contributed by atoms with E-state index in [1.165, 1.54) is 24.3 Å². The lowest BCUT2D eigenvalue weighted by atomic mass is 10.3. The first-order valence-electron chi connectivity index (χ1n) is 9.03. The number of benzene rings is 2. The van der Waals surface area contributed by atoms with Gasteiger partial charge in [0.15, 0.2) is 28.7 Å². The molecule has 0 saturated carbocycles. The molecule has 32 heavy (non-hydrogen) atoms. The van der Waals surface area contributed by atoms with Crippen LogP contribution in [0, 0.1) is 21.7 Å². The molecule has 1 atom stereocenters. The average Bonchev–Trinajstić information content (AvgIpc) is 3.10. The highest BCUT2D eigenvalue weighted by molar-refractivity contribution is 7.99. The topological polar surface area (TPSA) is 112 Å². The predicted octanol–water partition coefficient (Wildman–Crippen LogP) is 4.53. The van der Waals surface area contributed by atoms with Crippen molar-refractivity contribution in [3.05, 3.63) is 69.0 Å². The number of rotatable bonds is 8. The number of hydrogen-bond acceptors (Lipinski definition) is 7. The molecule has 0 radical (unpaired) electrons. The standard InChI is InChI=1S/C19H16ClF2N5O4S/c1-10(31-16-6-3-11(21)7-14(16)22)18-24-25-19(26(18)2)32-9-17(28)23-12-4-5-13(20)15(8-12)27(29)30/h3-8,10H,9H2,1-2H3,(H,23,28). The van der Waals surface area contributed by atoms with Gasteiger partial charge in [0.25, 0.3) is 5.69 Å². The SMILES string of the molecule is CC(Oc1ccc(F)cc1F)c1nnc(SCC(=O)Nc2ccc(Cl)c([N+](=O)[O-])c2)n1C. The summed E-state index contributed by atoms with van der Waals surface area (Å²) in [7, 11) is 1.65. The zero-order chi connectivity index (χ0) is 23.4. The van der Waals surface area contributed by atoms with Crippen molar-refractivity contribution in [3.8, 4) is 5.75 Å². The van der Waals surface area contributed by atoms with Gasteiger partial charge < -0.3 is 14.6 Å². The van der Waals surface area contributed by atoms with Crippen LogP contribution in [0.4, 0.5) is 20.2 Å². The van der Waals surface area contributed by atoms with Crippen molar-refractivity contribution in [3.63, 3.8) is 0 Å². The molecule has 0 spiro atoms. The summed E-state index contributed by atoms with van der Waals surface area (Å²) in [6.45, 7) is 1.63. The van der Waals surface area contributed by atoms with Crippen molar-refractivity contribution in [1.29, 1.82) is 0 Å². The fourth-order valence-electron chi connectivity index (χ4n) is 2.68. The Hall–Kier alpha value is -3.25. The second-order valence-corrected chi connectivity index (χ2v) is 7.84. The number of nitro benzene ring substituents is 1. The van der Waals surface area contributed by atoms with E-state index in [9.17, 15) is 23.7 Å². The number of carbonyl (C=O) groups is 1. The van der Waals surface area contributed by atoms with Crippen LogP contribution in [0.1, 0.15) is 18.9 Å². The Kier molecular flexibility index (Phi) is 7.26. The molecule has 1 heterocycles. The summed E-state index contributed by atoms with van der Waals surface area (Å²) in [5, 5.41) is 21.9. The van der Waals surface area contributed by atoms with Crippen LogP contribution in [0.25, 0.3) is 0 Å². The molecule has 0 fully saturated rings. The van der Waals surface area contributed by atoms with E-state index in [2.05, 4.69) is 15.5 Å². The van der Waals surface area contributed by atoms with Gasteiger partial charge in [0.1, 0.15) is 10.8 Å². The fourth-order valence-corrected chi connectivity index (χ4v) is 3.58. The highest BCUT2D eigenvalue weighted by Gasteiger charge is 2.20. The van der Waals surface area contributed by atoms with Crippen LogP contribution >= 0.6 is 23.4 Å². The Balaban J connectivity index is 1.61. The number of amides is 1. The number of ether oxygens (including phenoxy) is 1. The van der Waals surface area contributed by atoms with E-state index < -0.39 is 28.6 Å². The summed E-state index contributed by atoms with van der Waals surface area (Å²) in [4.78, 5) is 22.5. The van der Waals surface area contributed by atoms with Gasteiger partial charge in [-0.3, -0.25) is 14.9 Å². The summed E-state index contributed by atoms with van der Waals surface area (Å²) in [6, 6.07) is 6.91. The molecule has 0 aliphatic rings. The van der Waals surface area contributed by atoms with Crippen molar-refractivity contribution < 1.29 is 23.2 Å². The van der Waals surface area contributed by atoms with E-state index in [0.717, 1.165) is 17.8 Å². The molecule has 168 valence electrons. The fraction of sp³-hybridized carbons (Fsp3) is 0.211. The monoisotopic (exact) mass is 483 g/mol. The van der Waals surface area contributed by atoms with Gasteiger partial charge in [-0.05, 0) is 31.2 Å². The number of hydrogen-bond donors (Lipinski definition) is 1. The average molecular weight is 484 g/mol. The molecule has 0 aliphatic heterocycles. The number of nitro groups is 1. The molecule has 3 rings (SSSR count). The predicted molar refractivity (Wildman–Crippen MR) is 114 cm³/mol. The van der Waals surface area contributed by atoms with Crippen LogP contribution in [-0.2, 0) is 11.8 Å². The molecular formula is C19H16ClF2N5O4S. The number of carbonyl (C=O) groups excluding carboxylic acids is 1. The van der Waals surface area contributed by atoms with Gasteiger partial charge in [-0.25, -0.2) is 8.78 Å². The van der Waals surface area contributed by atoms with Crippen LogP contribution in [0.5, 0.6) is 5.75 Å². The molecule has 0 saturated heterocycles. The first-order chi connectivity index (χ1) is 15.2. The van der Waals surface area contributed by atoms with Crippen molar-refractivity contribution in [1.82, 2.24) is 14.8 Å². The normalized spacial score (nSPS) is 11.8. The molecule has 2 aromatic carbocycles. The minimum absolute atomic E-state index is 0.0363. The third kappa shape index (κ3) is 5.51. The van der Waals surface area contributed by atoms with Gasteiger partial charge in [0.05, 0.1) is 10.7 Å². The van der Waals surface area contributed by atoms with Gasteiger partial charge in [0, 0.05) is 24.9 Å². The number of nitrogens with one attached hydrogen (secondary N) is 1. The van der Waals surface area contributed by atoms with E-state index in [-0.39, 0.29) is 27.9 Å². The molecule has 1 N–H and O–H groups in total. The second-order valence-electron chi connectivity index (χ2n) is 6.49. The van der Waals surface area contributed by atoms with Gasteiger partial charge in [0.2, 0.25) is 5.91 Å². The first-order valence-corrected chi connectivity index (χ1v) is 10.4. The Morgan fingerprint density at radius 3 is 2.75 bits per heavy atom. The molecule has 0 bridgehead atoms. The second kappa shape index (κ2) is 9.92. The van der Waals surface area contributed by atoms with Gasteiger partial charge >= 0.3 is 0 Å². The summed E-state index contributed by atoms with van der Waals surface area (Å²) >= 11 is 6.83. The summed E-state index contributed by atoms with van der Waals surface area (Å²) in [5.41, 5.74) is -0.0876. The number of anilines is 1. The Morgan fingerprint density at radius 2 is 2.06 bits per heavy atom. The van der Waals surface area contributed by atoms with Crippen molar-refractivity contribution in [2.75, 3.05) is 11.1 Å². The van der Waals surface area contributed by atoms with E-state index in [1.807, 2.05) is 0 Å². The van der Waals surface area contributed by atoms with Crippen LogP contribution in [0.3, 0.4) is 0 Å². The number of thioether (sulfide) groups is 1. The minimum Gasteiger partial charge on any atom is -0.480 e. The lowest BCUT2D eigenvalue weighted by molar-refractivity contribution is -0.384. The lowest BCUT2D eigenvalue weighted by Crippen LogP contribution is -2.15. The minimum atomic E-state index is -0.840.